The van der Waals surface area contributed by atoms with Crippen LogP contribution in [0.3, 0.4) is 0 Å². The number of hydrogen-bond donors (Lipinski definition) is 0. The third kappa shape index (κ3) is 4.12. The molecular formula is C19H29N3O. The SMILES string of the molecule is CC(C)CN1CCN(CCC(=O)N2CCc3ccccc32)CC1. The van der Waals surface area contributed by atoms with Crippen LogP contribution in [0.5, 0.6) is 0 Å². The molecule has 0 N–H and O–H groups in total. The normalized spacial score (nSPS) is 19.3. The predicted octanol–water partition coefficient (Wildman–Crippen LogP) is 2.24. The number of carbonyl (C=O) groups excluding carboxylic acids is 1. The van der Waals surface area contributed by atoms with E-state index in [4.69, 9.17) is 0 Å². The number of hydrogen-bond acceptors (Lipinski definition) is 3. The molecule has 0 saturated carbocycles. The first-order chi connectivity index (χ1) is 11.1. The van der Waals surface area contributed by atoms with Gasteiger partial charge in [-0.25, -0.2) is 0 Å². The number of carbonyl (C=O) groups is 1. The minimum atomic E-state index is 0.277. The van der Waals surface area contributed by atoms with Gasteiger partial charge in [0.25, 0.3) is 0 Å². The fraction of sp³-hybridized carbons (Fsp3) is 0.632. The molecule has 2 heterocycles. The highest BCUT2D eigenvalue weighted by Crippen LogP contribution is 2.27. The second-order valence-corrected chi connectivity index (χ2v) is 7.21. The Hall–Kier alpha value is -1.39. The Labute approximate surface area is 140 Å². The van der Waals surface area contributed by atoms with Gasteiger partial charge in [-0.05, 0) is 24.0 Å². The van der Waals surface area contributed by atoms with Crippen LogP contribution in [0.2, 0.25) is 0 Å². The molecule has 0 aliphatic carbocycles. The Kier molecular flexibility index (Phi) is 5.34. The minimum absolute atomic E-state index is 0.277. The Morgan fingerprint density at radius 3 is 2.48 bits per heavy atom. The van der Waals surface area contributed by atoms with E-state index >= 15 is 0 Å². The first-order valence-corrected chi connectivity index (χ1v) is 8.96. The van der Waals surface area contributed by atoms with Gasteiger partial charge in [-0.1, -0.05) is 32.0 Å². The van der Waals surface area contributed by atoms with Crippen molar-refractivity contribution in [3.05, 3.63) is 29.8 Å². The number of benzene rings is 1. The second kappa shape index (κ2) is 7.45. The van der Waals surface area contributed by atoms with Gasteiger partial charge in [-0.2, -0.15) is 0 Å². The summed E-state index contributed by atoms with van der Waals surface area (Å²) in [5.41, 5.74) is 2.43. The minimum Gasteiger partial charge on any atom is -0.312 e. The van der Waals surface area contributed by atoms with Crippen molar-refractivity contribution in [2.45, 2.75) is 26.7 Å². The Balaban J connectivity index is 1.44. The molecule has 4 nitrogen and oxygen atoms in total. The highest BCUT2D eigenvalue weighted by molar-refractivity contribution is 5.95. The molecule has 0 unspecified atom stereocenters. The van der Waals surface area contributed by atoms with Gasteiger partial charge in [-0.3, -0.25) is 4.79 Å². The average molecular weight is 315 g/mol. The van der Waals surface area contributed by atoms with Crippen LogP contribution in [-0.4, -0.2) is 61.5 Å². The third-order valence-electron chi connectivity index (χ3n) is 4.92. The molecule has 2 aliphatic heterocycles. The average Bonchev–Trinajstić information content (AvgIpc) is 2.97. The first-order valence-electron chi connectivity index (χ1n) is 8.96. The van der Waals surface area contributed by atoms with Gasteiger partial charge >= 0.3 is 0 Å². The summed E-state index contributed by atoms with van der Waals surface area (Å²) in [4.78, 5) is 19.5. The topological polar surface area (TPSA) is 26.8 Å². The largest absolute Gasteiger partial charge is 0.312 e. The van der Waals surface area contributed by atoms with Gasteiger partial charge in [0.05, 0.1) is 0 Å². The zero-order valence-corrected chi connectivity index (χ0v) is 14.5. The maximum absolute atomic E-state index is 12.5. The van der Waals surface area contributed by atoms with E-state index in [0.29, 0.717) is 6.42 Å². The molecule has 0 radical (unpaired) electrons. The van der Waals surface area contributed by atoms with E-state index < -0.39 is 0 Å². The first kappa shape index (κ1) is 16.5. The van der Waals surface area contributed by atoms with Crippen molar-refractivity contribution in [2.24, 2.45) is 5.92 Å². The molecule has 4 heteroatoms. The maximum Gasteiger partial charge on any atom is 0.228 e. The van der Waals surface area contributed by atoms with Crippen LogP contribution in [0.4, 0.5) is 5.69 Å². The van der Waals surface area contributed by atoms with Gasteiger partial charge in [0.15, 0.2) is 0 Å². The summed E-state index contributed by atoms with van der Waals surface area (Å²) in [7, 11) is 0. The second-order valence-electron chi connectivity index (χ2n) is 7.21. The molecule has 1 fully saturated rings. The van der Waals surface area contributed by atoms with Crippen LogP contribution in [0, 0.1) is 5.92 Å². The fourth-order valence-corrected chi connectivity index (χ4v) is 3.70. The predicted molar refractivity (Wildman–Crippen MR) is 94.8 cm³/mol. The van der Waals surface area contributed by atoms with Crippen molar-refractivity contribution in [1.29, 1.82) is 0 Å². The Morgan fingerprint density at radius 2 is 1.74 bits per heavy atom. The summed E-state index contributed by atoms with van der Waals surface area (Å²) in [6.07, 6.45) is 1.63. The zero-order chi connectivity index (χ0) is 16.2. The van der Waals surface area contributed by atoms with Gasteiger partial charge < -0.3 is 14.7 Å². The van der Waals surface area contributed by atoms with Gasteiger partial charge in [0.1, 0.15) is 0 Å². The lowest BCUT2D eigenvalue weighted by molar-refractivity contribution is -0.118. The van der Waals surface area contributed by atoms with Crippen LogP contribution in [0.15, 0.2) is 24.3 Å². The number of amides is 1. The van der Waals surface area contributed by atoms with E-state index in [1.807, 2.05) is 11.0 Å². The van der Waals surface area contributed by atoms with Crippen LogP contribution in [-0.2, 0) is 11.2 Å². The number of piperazine rings is 1. The smallest absolute Gasteiger partial charge is 0.228 e. The van der Waals surface area contributed by atoms with E-state index in [9.17, 15) is 4.79 Å². The van der Waals surface area contributed by atoms with E-state index in [0.717, 1.165) is 57.3 Å². The van der Waals surface area contributed by atoms with Crippen LogP contribution in [0.1, 0.15) is 25.8 Å². The Morgan fingerprint density at radius 1 is 1.04 bits per heavy atom. The summed E-state index contributed by atoms with van der Waals surface area (Å²) in [6, 6.07) is 8.29. The summed E-state index contributed by atoms with van der Waals surface area (Å²) in [5.74, 6) is 1.01. The van der Waals surface area contributed by atoms with Crippen molar-refractivity contribution >= 4 is 11.6 Å². The summed E-state index contributed by atoms with van der Waals surface area (Å²) in [6.45, 7) is 12.0. The van der Waals surface area contributed by atoms with Crippen molar-refractivity contribution in [1.82, 2.24) is 9.80 Å². The van der Waals surface area contributed by atoms with Crippen molar-refractivity contribution < 1.29 is 4.79 Å². The van der Waals surface area contributed by atoms with Crippen LogP contribution in [0.25, 0.3) is 0 Å². The quantitative estimate of drug-likeness (QED) is 0.834. The molecular weight excluding hydrogens is 286 g/mol. The highest BCUT2D eigenvalue weighted by Gasteiger charge is 2.25. The third-order valence-corrected chi connectivity index (χ3v) is 4.92. The van der Waals surface area contributed by atoms with Crippen molar-refractivity contribution in [3.8, 4) is 0 Å². The summed E-state index contributed by atoms with van der Waals surface area (Å²) >= 11 is 0. The molecule has 0 aromatic heterocycles. The molecule has 1 aromatic carbocycles. The lowest BCUT2D eigenvalue weighted by Gasteiger charge is -2.35. The van der Waals surface area contributed by atoms with E-state index in [1.54, 1.807) is 0 Å². The maximum atomic E-state index is 12.5. The highest BCUT2D eigenvalue weighted by atomic mass is 16.2. The molecule has 126 valence electrons. The zero-order valence-electron chi connectivity index (χ0n) is 14.5. The molecule has 2 aliphatic rings. The molecule has 0 bridgehead atoms. The lowest BCUT2D eigenvalue weighted by Crippen LogP contribution is -2.48. The lowest BCUT2D eigenvalue weighted by atomic mass is 10.2. The van der Waals surface area contributed by atoms with Crippen LogP contribution >= 0.6 is 0 Å². The van der Waals surface area contributed by atoms with E-state index in [2.05, 4.69) is 41.8 Å². The molecule has 0 atom stereocenters. The monoisotopic (exact) mass is 315 g/mol. The number of nitrogens with zero attached hydrogens (tertiary/aromatic N) is 3. The molecule has 0 spiro atoms. The van der Waals surface area contributed by atoms with Crippen molar-refractivity contribution in [3.63, 3.8) is 0 Å². The van der Waals surface area contributed by atoms with Gasteiger partial charge in [0, 0.05) is 57.9 Å². The molecule has 3 rings (SSSR count). The number of rotatable bonds is 5. The van der Waals surface area contributed by atoms with Gasteiger partial charge in [-0.15, -0.1) is 0 Å². The summed E-state index contributed by atoms with van der Waals surface area (Å²) in [5, 5.41) is 0. The number of anilines is 1. The fourth-order valence-electron chi connectivity index (χ4n) is 3.70. The summed E-state index contributed by atoms with van der Waals surface area (Å²) < 4.78 is 0. The van der Waals surface area contributed by atoms with E-state index in [1.165, 1.54) is 12.1 Å². The molecule has 1 amide bonds. The molecule has 1 aromatic rings. The van der Waals surface area contributed by atoms with Gasteiger partial charge in [0.2, 0.25) is 5.91 Å². The molecule has 23 heavy (non-hydrogen) atoms. The Bertz CT molecular complexity index is 535. The van der Waals surface area contributed by atoms with Crippen LogP contribution < -0.4 is 4.90 Å². The molecule has 1 saturated heterocycles. The standard InChI is InChI=1S/C19H29N3O/c1-16(2)15-21-13-11-20(12-14-21)9-8-19(23)22-10-7-17-5-3-4-6-18(17)22/h3-6,16H,7-15H2,1-2H3. The number of para-hydroxylation sites is 1. The number of fused-ring (bicyclic) bond motifs is 1. The van der Waals surface area contributed by atoms with E-state index in [-0.39, 0.29) is 5.91 Å². The van der Waals surface area contributed by atoms with Crippen molar-refractivity contribution in [2.75, 3.05) is 50.7 Å².